The predicted molar refractivity (Wildman–Crippen MR) is 106 cm³/mol. The molecule has 27 heavy (non-hydrogen) atoms. The lowest BCUT2D eigenvalue weighted by atomic mass is 10.0. The maximum atomic E-state index is 13.1. The number of hydrogen-bond donors (Lipinski definition) is 0. The topological polar surface area (TPSA) is 47.4 Å². The van der Waals surface area contributed by atoms with E-state index in [1.807, 2.05) is 49.4 Å². The number of anilines is 1. The SMILES string of the molecule is C=CCN(C(=O)Cn1ncc2c1-c1cc(C)ccc1OC2)c1ccccc1. The highest BCUT2D eigenvalue weighted by molar-refractivity contribution is 5.93. The summed E-state index contributed by atoms with van der Waals surface area (Å²) in [4.78, 5) is 14.8. The number of nitrogens with zero attached hydrogens (tertiary/aromatic N) is 3. The Hall–Kier alpha value is -3.34. The molecular formula is C22H21N3O2. The van der Waals surface area contributed by atoms with Crippen molar-refractivity contribution in [2.75, 3.05) is 11.4 Å². The molecule has 1 aromatic heterocycles. The van der Waals surface area contributed by atoms with Crippen LogP contribution in [0.3, 0.4) is 0 Å². The van der Waals surface area contributed by atoms with E-state index in [0.29, 0.717) is 13.2 Å². The minimum Gasteiger partial charge on any atom is -0.488 e. The van der Waals surface area contributed by atoms with Crippen LogP contribution >= 0.6 is 0 Å². The van der Waals surface area contributed by atoms with Crippen LogP contribution in [0.15, 0.2) is 67.4 Å². The lowest BCUT2D eigenvalue weighted by Crippen LogP contribution is -2.34. The summed E-state index contributed by atoms with van der Waals surface area (Å²) in [6, 6.07) is 15.7. The van der Waals surface area contributed by atoms with Gasteiger partial charge in [-0.2, -0.15) is 5.10 Å². The van der Waals surface area contributed by atoms with Gasteiger partial charge in [0.1, 0.15) is 18.9 Å². The van der Waals surface area contributed by atoms with E-state index in [2.05, 4.69) is 17.7 Å². The van der Waals surface area contributed by atoms with Gasteiger partial charge in [0, 0.05) is 23.4 Å². The Morgan fingerprint density at radius 1 is 1.30 bits per heavy atom. The number of ether oxygens (including phenoxy) is 1. The molecule has 5 heteroatoms. The first-order valence-corrected chi connectivity index (χ1v) is 8.92. The summed E-state index contributed by atoms with van der Waals surface area (Å²) in [5.74, 6) is 0.793. The van der Waals surface area contributed by atoms with E-state index in [-0.39, 0.29) is 12.5 Å². The second kappa shape index (κ2) is 7.11. The van der Waals surface area contributed by atoms with Crippen molar-refractivity contribution in [2.45, 2.75) is 20.1 Å². The number of carbonyl (C=O) groups excluding carboxylic acids is 1. The number of aryl methyl sites for hydroxylation is 1. The van der Waals surface area contributed by atoms with E-state index in [1.165, 1.54) is 0 Å². The van der Waals surface area contributed by atoms with Gasteiger partial charge in [0.2, 0.25) is 5.91 Å². The molecule has 3 aromatic rings. The Labute approximate surface area is 158 Å². The fraction of sp³-hybridized carbons (Fsp3) is 0.182. The van der Waals surface area contributed by atoms with Crippen molar-refractivity contribution in [2.24, 2.45) is 0 Å². The molecule has 2 aromatic carbocycles. The number of benzene rings is 2. The molecule has 0 bridgehead atoms. The van der Waals surface area contributed by atoms with Crippen molar-refractivity contribution >= 4 is 11.6 Å². The van der Waals surface area contributed by atoms with Gasteiger partial charge in [-0.15, -0.1) is 6.58 Å². The van der Waals surface area contributed by atoms with E-state index in [9.17, 15) is 4.79 Å². The predicted octanol–water partition coefficient (Wildman–Crippen LogP) is 3.97. The summed E-state index contributed by atoms with van der Waals surface area (Å²) in [6.07, 6.45) is 3.52. The van der Waals surface area contributed by atoms with Gasteiger partial charge in [0.05, 0.1) is 11.9 Å². The molecule has 136 valence electrons. The van der Waals surface area contributed by atoms with Crippen LogP contribution in [-0.2, 0) is 17.9 Å². The molecule has 0 radical (unpaired) electrons. The standard InChI is InChI=1S/C22H21N3O2/c1-3-11-24(18-7-5-4-6-8-18)21(26)14-25-22-17(13-23-25)15-27-20-10-9-16(2)12-19(20)22/h3-10,12-13H,1,11,14-15H2,2H3. The van der Waals surface area contributed by atoms with Crippen LogP contribution in [0.1, 0.15) is 11.1 Å². The van der Waals surface area contributed by atoms with Crippen LogP contribution in [-0.4, -0.2) is 22.2 Å². The van der Waals surface area contributed by atoms with E-state index < -0.39 is 0 Å². The van der Waals surface area contributed by atoms with Gasteiger partial charge in [-0.3, -0.25) is 9.48 Å². The third kappa shape index (κ3) is 3.24. The quantitative estimate of drug-likeness (QED) is 0.648. The summed E-state index contributed by atoms with van der Waals surface area (Å²) in [5.41, 5.74) is 4.93. The molecule has 0 saturated carbocycles. The monoisotopic (exact) mass is 359 g/mol. The molecule has 0 saturated heterocycles. The number of hydrogen-bond acceptors (Lipinski definition) is 3. The Kier molecular flexibility index (Phi) is 4.50. The van der Waals surface area contributed by atoms with Crippen LogP contribution in [0.5, 0.6) is 5.75 Å². The molecule has 0 N–H and O–H groups in total. The molecule has 0 unspecified atom stereocenters. The minimum atomic E-state index is -0.0345. The first-order valence-electron chi connectivity index (χ1n) is 8.92. The Bertz CT molecular complexity index is 992. The molecule has 0 spiro atoms. The highest BCUT2D eigenvalue weighted by Gasteiger charge is 2.24. The van der Waals surface area contributed by atoms with Crippen molar-refractivity contribution in [1.82, 2.24) is 9.78 Å². The van der Waals surface area contributed by atoms with Crippen molar-refractivity contribution in [3.63, 3.8) is 0 Å². The van der Waals surface area contributed by atoms with Gasteiger partial charge in [0.15, 0.2) is 0 Å². The number of fused-ring (bicyclic) bond motifs is 3. The highest BCUT2D eigenvalue weighted by Crippen LogP contribution is 2.38. The third-order valence-electron chi connectivity index (χ3n) is 4.65. The van der Waals surface area contributed by atoms with Gasteiger partial charge in [-0.1, -0.05) is 35.9 Å². The zero-order valence-electron chi connectivity index (χ0n) is 15.3. The maximum Gasteiger partial charge on any atom is 0.249 e. The fourth-order valence-corrected chi connectivity index (χ4v) is 3.37. The highest BCUT2D eigenvalue weighted by atomic mass is 16.5. The molecule has 1 aliphatic heterocycles. The Morgan fingerprint density at radius 2 is 2.11 bits per heavy atom. The normalized spacial score (nSPS) is 11.9. The molecule has 4 rings (SSSR count). The third-order valence-corrected chi connectivity index (χ3v) is 4.65. The molecule has 5 nitrogen and oxygen atoms in total. The Balaban J connectivity index is 1.67. The van der Waals surface area contributed by atoms with Gasteiger partial charge < -0.3 is 9.64 Å². The van der Waals surface area contributed by atoms with Crippen molar-refractivity contribution < 1.29 is 9.53 Å². The summed E-state index contributed by atoms with van der Waals surface area (Å²) in [7, 11) is 0. The van der Waals surface area contributed by atoms with Crippen LogP contribution in [0, 0.1) is 6.92 Å². The fourth-order valence-electron chi connectivity index (χ4n) is 3.37. The number of aromatic nitrogens is 2. The van der Waals surface area contributed by atoms with Crippen molar-refractivity contribution in [1.29, 1.82) is 0 Å². The molecular weight excluding hydrogens is 338 g/mol. The summed E-state index contributed by atoms with van der Waals surface area (Å²) >= 11 is 0. The zero-order valence-corrected chi connectivity index (χ0v) is 15.3. The van der Waals surface area contributed by atoms with Gasteiger partial charge in [-0.05, 0) is 31.2 Å². The van der Waals surface area contributed by atoms with E-state index in [1.54, 1.807) is 21.9 Å². The first kappa shape index (κ1) is 17.1. The molecule has 0 atom stereocenters. The molecule has 2 heterocycles. The number of para-hydroxylation sites is 1. The van der Waals surface area contributed by atoms with Crippen molar-refractivity contribution in [3.05, 3.63) is 78.5 Å². The number of rotatable bonds is 5. The second-order valence-electron chi connectivity index (χ2n) is 6.59. The maximum absolute atomic E-state index is 13.1. The van der Waals surface area contributed by atoms with Crippen LogP contribution in [0.2, 0.25) is 0 Å². The van der Waals surface area contributed by atoms with E-state index >= 15 is 0 Å². The Morgan fingerprint density at radius 3 is 2.89 bits per heavy atom. The van der Waals surface area contributed by atoms with Gasteiger partial charge >= 0.3 is 0 Å². The average Bonchev–Trinajstić information content (AvgIpc) is 3.10. The number of carbonyl (C=O) groups is 1. The lowest BCUT2D eigenvalue weighted by molar-refractivity contribution is -0.119. The van der Waals surface area contributed by atoms with Crippen LogP contribution < -0.4 is 9.64 Å². The molecule has 0 aliphatic carbocycles. The van der Waals surface area contributed by atoms with Crippen LogP contribution in [0.25, 0.3) is 11.3 Å². The minimum absolute atomic E-state index is 0.0345. The molecule has 1 amide bonds. The molecule has 1 aliphatic rings. The summed E-state index contributed by atoms with van der Waals surface area (Å²) in [6.45, 7) is 6.90. The molecule has 0 fully saturated rings. The lowest BCUT2D eigenvalue weighted by Gasteiger charge is -2.23. The zero-order chi connectivity index (χ0) is 18.8. The van der Waals surface area contributed by atoms with Gasteiger partial charge in [-0.25, -0.2) is 0 Å². The van der Waals surface area contributed by atoms with Gasteiger partial charge in [0.25, 0.3) is 0 Å². The smallest absolute Gasteiger partial charge is 0.249 e. The summed E-state index contributed by atoms with van der Waals surface area (Å²) < 4.78 is 7.59. The summed E-state index contributed by atoms with van der Waals surface area (Å²) in [5, 5.41) is 4.47. The first-order chi connectivity index (χ1) is 13.2. The van der Waals surface area contributed by atoms with E-state index in [4.69, 9.17) is 4.74 Å². The van der Waals surface area contributed by atoms with Crippen LogP contribution in [0.4, 0.5) is 5.69 Å². The average molecular weight is 359 g/mol. The van der Waals surface area contributed by atoms with E-state index in [0.717, 1.165) is 33.8 Å². The largest absolute Gasteiger partial charge is 0.488 e. The second-order valence-corrected chi connectivity index (χ2v) is 6.59. The van der Waals surface area contributed by atoms with Crippen molar-refractivity contribution in [3.8, 4) is 17.0 Å². The number of amides is 1.